The Morgan fingerprint density at radius 2 is 2.17 bits per heavy atom. The molecule has 1 aromatic heterocycles. The van der Waals surface area contributed by atoms with Gasteiger partial charge < -0.3 is 20.4 Å². The van der Waals surface area contributed by atoms with Crippen LogP contribution in [0.4, 0.5) is 4.79 Å². The van der Waals surface area contributed by atoms with Gasteiger partial charge in [0.25, 0.3) is 5.91 Å². The lowest BCUT2D eigenvalue weighted by Gasteiger charge is -2.29. The van der Waals surface area contributed by atoms with Crippen molar-refractivity contribution in [1.82, 2.24) is 14.9 Å². The number of rotatable bonds is 5. The molecule has 0 saturated carbocycles. The van der Waals surface area contributed by atoms with Gasteiger partial charge in [0.2, 0.25) is 0 Å². The predicted octanol–water partition coefficient (Wildman–Crippen LogP) is 3.99. The van der Waals surface area contributed by atoms with Crippen molar-refractivity contribution in [3.05, 3.63) is 40.3 Å². The minimum absolute atomic E-state index is 0.181. The number of likely N-dealkylation sites (tertiary alicyclic amines) is 1. The molecule has 3 rings (SSSR count). The van der Waals surface area contributed by atoms with Crippen molar-refractivity contribution in [1.29, 1.82) is 0 Å². The van der Waals surface area contributed by atoms with Crippen molar-refractivity contribution < 1.29 is 14.3 Å². The molecule has 1 aliphatic heterocycles. The quantitative estimate of drug-likeness (QED) is 0.642. The Morgan fingerprint density at radius 3 is 2.83 bits per heavy atom. The van der Waals surface area contributed by atoms with Crippen molar-refractivity contribution in [2.75, 3.05) is 6.54 Å². The summed E-state index contributed by atoms with van der Waals surface area (Å²) in [5.41, 5.74) is 7.87. The molecule has 2 atom stereocenters. The van der Waals surface area contributed by atoms with E-state index in [1.165, 1.54) is 0 Å². The van der Waals surface area contributed by atoms with Crippen LogP contribution < -0.4 is 5.73 Å². The lowest BCUT2D eigenvalue weighted by Crippen LogP contribution is -2.44. The molecule has 8 heteroatoms. The number of imidazole rings is 1. The summed E-state index contributed by atoms with van der Waals surface area (Å²) in [5.74, 6) is 6.27. The van der Waals surface area contributed by atoms with Gasteiger partial charge in [-0.3, -0.25) is 4.79 Å². The molecular formula is C22H25BrN4O3. The van der Waals surface area contributed by atoms with Gasteiger partial charge in [0.1, 0.15) is 5.82 Å². The number of nitrogens with zero attached hydrogens (tertiary/aromatic N) is 2. The summed E-state index contributed by atoms with van der Waals surface area (Å²) < 4.78 is 6.02. The zero-order valence-corrected chi connectivity index (χ0v) is 18.8. The minimum Gasteiger partial charge on any atom is -0.436 e. The van der Waals surface area contributed by atoms with E-state index in [0.717, 1.165) is 34.1 Å². The van der Waals surface area contributed by atoms with Gasteiger partial charge in [-0.05, 0) is 53.7 Å². The molecule has 1 aromatic carbocycles. The molecule has 1 fully saturated rings. The lowest BCUT2D eigenvalue weighted by atomic mass is 10.1. The average Bonchev–Trinajstić information content (AvgIpc) is 3.36. The van der Waals surface area contributed by atoms with Gasteiger partial charge in [0, 0.05) is 22.1 Å². The van der Waals surface area contributed by atoms with Crippen molar-refractivity contribution in [2.24, 2.45) is 11.7 Å². The van der Waals surface area contributed by atoms with Crippen LogP contribution in [0, 0.1) is 17.8 Å². The first-order valence-corrected chi connectivity index (χ1v) is 10.6. The maximum absolute atomic E-state index is 13.1. The number of H-pyrrole nitrogens is 1. The van der Waals surface area contributed by atoms with Gasteiger partial charge in [-0.1, -0.05) is 25.8 Å². The fourth-order valence-electron chi connectivity index (χ4n) is 3.65. The minimum atomic E-state index is -0.945. The maximum atomic E-state index is 13.1. The Morgan fingerprint density at radius 1 is 1.40 bits per heavy atom. The summed E-state index contributed by atoms with van der Waals surface area (Å²) in [4.78, 5) is 33.9. The van der Waals surface area contributed by atoms with Crippen LogP contribution >= 0.6 is 15.9 Å². The van der Waals surface area contributed by atoms with Crippen LogP contribution in [-0.2, 0) is 9.53 Å². The van der Waals surface area contributed by atoms with E-state index < -0.39 is 12.2 Å². The number of carbonyl (C=O) groups is 2. The molecule has 0 aliphatic carbocycles. The third kappa shape index (κ3) is 4.68. The van der Waals surface area contributed by atoms with Crippen molar-refractivity contribution in [3.8, 4) is 23.1 Å². The van der Waals surface area contributed by atoms with Crippen LogP contribution in [-0.4, -0.2) is 39.5 Å². The summed E-state index contributed by atoms with van der Waals surface area (Å²) in [7, 11) is 0. The van der Waals surface area contributed by atoms with E-state index in [4.69, 9.17) is 10.5 Å². The largest absolute Gasteiger partial charge is 0.436 e. The number of aromatic amines is 1. The molecule has 2 unspecified atom stereocenters. The molecule has 0 radical (unpaired) electrons. The summed E-state index contributed by atoms with van der Waals surface area (Å²) >= 11 is 3.51. The first kappa shape index (κ1) is 21.9. The Hall–Kier alpha value is -2.79. The third-order valence-electron chi connectivity index (χ3n) is 5.08. The van der Waals surface area contributed by atoms with Crippen LogP contribution in [0.3, 0.4) is 0 Å². The Kier molecular flexibility index (Phi) is 6.83. The van der Waals surface area contributed by atoms with Crippen molar-refractivity contribution in [2.45, 2.75) is 45.8 Å². The molecule has 0 bridgehead atoms. The zero-order chi connectivity index (χ0) is 21.8. The zero-order valence-electron chi connectivity index (χ0n) is 17.2. The highest BCUT2D eigenvalue weighted by Gasteiger charge is 2.38. The number of hydrogen-bond donors (Lipinski definition) is 2. The molecule has 1 saturated heterocycles. The predicted molar refractivity (Wildman–Crippen MR) is 117 cm³/mol. The molecule has 1 aliphatic rings. The second kappa shape index (κ2) is 9.35. The molecule has 30 heavy (non-hydrogen) atoms. The molecule has 2 amide bonds. The lowest BCUT2D eigenvalue weighted by molar-refractivity contribution is -0.143. The number of amides is 2. The summed E-state index contributed by atoms with van der Waals surface area (Å²) in [6.45, 7) is 6.03. The normalized spacial score (nSPS) is 16.8. The number of ether oxygens (including phenoxy) is 1. The smallest absolute Gasteiger partial charge is 0.405 e. The molecular weight excluding hydrogens is 448 g/mol. The van der Waals surface area contributed by atoms with Gasteiger partial charge >= 0.3 is 6.09 Å². The SMILES string of the molecule is CC#Cc1cc(-c2cnc(C3CCCN3C(=O)C(OC(N)=O)C(C)C)[nH]2)ccc1Br. The second-order valence-corrected chi connectivity index (χ2v) is 8.40. The van der Waals surface area contributed by atoms with Gasteiger partial charge in [-0.2, -0.15) is 0 Å². The van der Waals surface area contributed by atoms with Crippen LogP contribution in [0.1, 0.15) is 51.0 Å². The summed E-state index contributed by atoms with van der Waals surface area (Å²) in [5, 5.41) is 0. The first-order chi connectivity index (χ1) is 14.3. The van der Waals surface area contributed by atoms with Gasteiger partial charge in [0.05, 0.1) is 17.9 Å². The summed E-state index contributed by atoms with van der Waals surface area (Å²) in [6, 6.07) is 5.73. The van der Waals surface area contributed by atoms with Gasteiger partial charge in [-0.15, -0.1) is 5.92 Å². The van der Waals surface area contributed by atoms with Crippen molar-refractivity contribution in [3.63, 3.8) is 0 Å². The highest BCUT2D eigenvalue weighted by Crippen LogP contribution is 2.33. The number of hydrogen-bond acceptors (Lipinski definition) is 4. The topological polar surface area (TPSA) is 101 Å². The number of carbonyl (C=O) groups excluding carboxylic acids is 2. The van der Waals surface area contributed by atoms with Gasteiger partial charge in [0.15, 0.2) is 6.10 Å². The molecule has 3 N–H and O–H groups in total. The molecule has 2 heterocycles. The number of nitrogens with one attached hydrogen (secondary N) is 1. The first-order valence-electron chi connectivity index (χ1n) is 9.86. The van der Waals surface area contributed by atoms with E-state index in [9.17, 15) is 9.59 Å². The standard InChI is InChI=1S/C22H25BrN4O3/c1-4-6-14-11-15(8-9-16(14)23)17-12-25-20(26-17)18-7-5-10-27(18)21(28)19(13(2)3)30-22(24)29/h8-9,11-13,18-19H,5,7,10H2,1-3H3,(H2,24,29)(H,25,26). The number of aromatic nitrogens is 2. The van der Waals surface area contributed by atoms with Crippen LogP contribution in [0.5, 0.6) is 0 Å². The second-order valence-electron chi connectivity index (χ2n) is 7.54. The van der Waals surface area contributed by atoms with E-state index in [-0.39, 0.29) is 17.9 Å². The Balaban J connectivity index is 1.85. The Labute approximate surface area is 184 Å². The van der Waals surface area contributed by atoms with Crippen LogP contribution in [0.2, 0.25) is 0 Å². The van der Waals surface area contributed by atoms with E-state index >= 15 is 0 Å². The van der Waals surface area contributed by atoms with E-state index in [2.05, 4.69) is 37.7 Å². The number of halogens is 1. The number of nitrogens with two attached hydrogens (primary N) is 1. The van der Waals surface area contributed by atoms with E-state index in [0.29, 0.717) is 12.4 Å². The molecule has 2 aromatic rings. The third-order valence-corrected chi connectivity index (χ3v) is 5.77. The number of benzene rings is 1. The average molecular weight is 473 g/mol. The maximum Gasteiger partial charge on any atom is 0.405 e. The monoisotopic (exact) mass is 472 g/mol. The fraction of sp³-hybridized carbons (Fsp3) is 0.409. The highest BCUT2D eigenvalue weighted by molar-refractivity contribution is 9.10. The molecule has 0 spiro atoms. The molecule has 158 valence electrons. The highest BCUT2D eigenvalue weighted by atomic mass is 79.9. The van der Waals surface area contributed by atoms with E-state index in [1.54, 1.807) is 18.0 Å². The van der Waals surface area contributed by atoms with Crippen LogP contribution in [0.25, 0.3) is 11.3 Å². The Bertz CT molecular complexity index is 1010. The van der Waals surface area contributed by atoms with Gasteiger partial charge in [-0.25, -0.2) is 9.78 Å². The summed E-state index contributed by atoms with van der Waals surface area (Å²) in [6.07, 6.45) is 1.55. The van der Waals surface area contributed by atoms with E-state index in [1.807, 2.05) is 32.0 Å². The van der Waals surface area contributed by atoms with Crippen molar-refractivity contribution >= 4 is 27.9 Å². The molecule has 7 nitrogen and oxygen atoms in total. The van der Waals surface area contributed by atoms with Crippen LogP contribution in [0.15, 0.2) is 28.9 Å². The number of primary amides is 1. The fourth-order valence-corrected chi connectivity index (χ4v) is 4.00.